The number of rotatable bonds is 2. The first-order chi connectivity index (χ1) is 10.7. The highest BCUT2D eigenvalue weighted by molar-refractivity contribution is 5.86. The minimum atomic E-state index is 0.234. The van der Waals surface area contributed by atoms with Gasteiger partial charge in [-0.1, -0.05) is 18.2 Å². The van der Waals surface area contributed by atoms with E-state index in [1.165, 1.54) is 10.9 Å². The molecule has 1 spiro atoms. The van der Waals surface area contributed by atoms with Crippen LogP contribution in [0.5, 0.6) is 0 Å². The molecule has 22 heavy (non-hydrogen) atoms. The SMILES string of the molecule is Cc1cn(CC(=O)N2CC3(CCOCC3)C2)c2ccccc12. The van der Waals surface area contributed by atoms with Crippen molar-refractivity contribution in [2.45, 2.75) is 26.3 Å². The Morgan fingerprint density at radius 3 is 2.73 bits per heavy atom. The summed E-state index contributed by atoms with van der Waals surface area (Å²) in [4.78, 5) is 14.6. The molecule has 0 N–H and O–H groups in total. The number of para-hydroxylation sites is 1. The van der Waals surface area contributed by atoms with Crippen LogP contribution in [0.3, 0.4) is 0 Å². The van der Waals surface area contributed by atoms with E-state index in [1.807, 2.05) is 17.0 Å². The van der Waals surface area contributed by atoms with Crippen molar-refractivity contribution in [3.63, 3.8) is 0 Å². The largest absolute Gasteiger partial charge is 0.381 e. The van der Waals surface area contributed by atoms with Crippen molar-refractivity contribution in [1.82, 2.24) is 9.47 Å². The number of amides is 1. The van der Waals surface area contributed by atoms with Gasteiger partial charge in [-0.05, 0) is 31.4 Å². The second-order valence-electron chi connectivity index (χ2n) is 6.82. The van der Waals surface area contributed by atoms with E-state index in [9.17, 15) is 4.79 Å². The molecule has 2 aromatic rings. The van der Waals surface area contributed by atoms with Crippen molar-refractivity contribution in [1.29, 1.82) is 0 Å². The summed E-state index contributed by atoms with van der Waals surface area (Å²) in [6.45, 7) is 6.07. The van der Waals surface area contributed by atoms with Crippen LogP contribution in [0.1, 0.15) is 18.4 Å². The molecule has 2 aliphatic heterocycles. The molecule has 0 bridgehead atoms. The Labute approximate surface area is 130 Å². The maximum Gasteiger partial charge on any atom is 0.242 e. The van der Waals surface area contributed by atoms with E-state index >= 15 is 0 Å². The van der Waals surface area contributed by atoms with Crippen molar-refractivity contribution < 1.29 is 9.53 Å². The van der Waals surface area contributed by atoms with Gasteiger partial charge in [-0.15, -0.1) is 0 Å². The lowest BCUT2D eigenvalue weighted by Gasteiger charge is -2.52. The highest BCUT2D eigenvalue weighted by Crippen LogP contribution is 2.39. The average molecular weight is 298 g/mol. The molecule has 1 aromatic heterocycles. The molecule has 1 amide bonds. The molecule has 4 nitrogen and oxygen atoms in total. The summed E-state index contributed by atoms with van der Waals surface area (Å²) in [7, 11) is 0. The molecule has 0 atom stereocenters. The minimum Gasteiger partial charge on any atom is -0.381 e. The summed E-state index contributed by atoms with van der Waals surface area (Å²) in [5.41, 5.74) is 2.73. The number of ether oxygens (including phenoxy) is 1. The molecule has 2 fully saturated rings. The summed E-state index contributed by atoms with van der Waals surface area (Å²) >= 11 is 0. The fraction of sp³-hybridized carbons (Fsp3) is 0.500. The zero-order valence-corrected chi connectivity index (χ0v) is 13.0. The number of aromatic nitrogens is 1. The van der Waals surface area contributed by atoms with E-state index in [2.05, 4.69) is 29.8 Å². The van der Waals surface area contributed by atoms with Crippen LogP contribution in [0.4, 0.5) is 0 Å². The number of hydrogen-bond donors (Lipinski definition) is 0. The minimum absolute atomic E-state index is 0.234. The van der Waals surface area contributed by atoms with E-state index in [1.54, 1.807) is 0 Å². The molecule has 2 aliphatic rings. The third-order valence-electron chi connectivity index (χ3n) is 5.25. The maximum atomic E-state index is 12.5. The molecule has 4 heteroatoms. The Hall–Kier alpha value is -1.81. The molecule has 0 aliphatic carbocycles. The lowest BCUT2D eigenvalue weighted by Crippen LogP contribution is -2.60. The monoisotopic (exact) mass is 298 g/mol. The second-order valence-corrected chi connectivity index (χ2v) is 6.82. The zero-order chi connectivity index (χ0) is 15.2. The van der Waals surface area contributed by atoms with E-state index in [4.69, 9.17) is 4.74 Å². The number of fused-ring (bicyclic) bond motifs is 1. The van der Waals surface area contributed by atoms with Gasteiger partial charge in [0.2, 0.25) is 5.91 Å². The van der Waals surface area contributed by atoms with Gasteiger partial charge in [-0.3, -0.25) is 4.79 Å². The fourth-order valence-electron chi connectivity index (χ4n) is 3.87. The van der Waals surface area contributed by atoms with Crippen LogP contribution in [0.25, 0.3) is 10.9 Å². The van der Waals surface area contributed by atoms with E-state index in [-0.39, 0.29) is 5.91 Å². The van der Waals surface area contributed by atoms with Crippen LogP contribution in [0, 0.1) is 12.3 Å². The van der Waals surface area contributed by atoms with Gasteiger partial charge in [0.25, 0.3) is 0 Å². The van der Waals surface area contributed by atoms with E-state index in [0.29, 0.717) is 12.0 Å². The van der Waals surface area contributed by atoms with Gasteiger partial charge in [0.15, 0.2) is 0 Å². The summed E-state index contributed by atoms with van der Waals surface area (Å²) in [5.74, 6) is 0.234. The molecule has 0 saturated carbocycles. The Morgan fingerprint density at radius 1 is 1.23 bits per heavy atom. The lowest BCUT2D eigenvalue weighted by molar-refractivity contribution is -0.150. The Bertz CT molecular complexity index is 705. The molecule has 3 heterocycles. The highest BCUT2D eigenvalue weighted by Gasteiger charge is 2.45. The van der Waals surface area contributed by atoms with Crippen LogP contribution in [0.15, 0.2) is 30.5 Å². The van der Waals surface area contributed by atoms with Crippen molar-refractivity contribution in [3.05, 3.63) is 36.0 Å². The van der Waals surface area contributed by atoms with Crippen LogP contribution in [0.2, 0.25) is 0 Å². The predicted molar refractivity (Wildman–Crippen MR) is 85.7 cm³/mol. The number of nitrogens with zero attached hydrogens (tertiary/aromatic N) is 2. The van der Waals surface area contributed by atoms with Gasteiger partial charge in [0, 0.05) is 48.8 Å². The average Bonchev–Trinajstić information content (AvgIpc) is 2.82. The van der Waals surface area contributed by atoms with Gasteiger partial charge in [0.1, 0.15) is 6.54 Å². The lowest BCUT2D eigenvalue weighted by atomic mass is 9.73. The highest BCUT2D eigenvalue weighted by atomic mass is 16.5. The van der Waals surface area contributed by atoms with Crippen molar-refractivity contribution >= 4 is 16.8 Å². The summed E-state index contributed by atoms with van der Waals surface area (Å²) in [6.07, 6.45) is 4.29. The molecule has 2 saturated heterocycles. The van der Waals surface area contributed by atoms with Crippen molar-refractivity contribution in [2.75, 3.05) is 26.3 Å². The molecule has 4 rings (SSSR count). The molecular formula is C18H22N2O2. The summed E-state index contributed by atoms with van der Waals surface area (Å²) < 4.78 is 7.52. The van der Waals surface area contributed by atoms with Crippen LogP contribution in [-0.2, 0) is 16.1 Å². The quantitative estimate of drug-likeness (QED) is 0.854. The maximum absolute atomic E-state index is 12.5. The smallest absolute Gasteiger partial charge is 0.242 e. The van der Waals surface area contributed by atoms with Crippen LogP contribution < -0.4 is 0 Å². The normalized spacial score (nSPS) is 20.3. The molecule has 116 valence electrons. The molecule has 1 aromatic carbocycles. The van der Waals surface area contributed by atoms with Crippen molar-refractivity contribution in [2.24, 2.45) is 5.41 Å². The fourth-order valence-corrected chi connectivity index (χ4v) is 3.87. The first kappa shape index (κ1) is 13.8. The molecule has 0 unspecified atom stereocenters. The number of aryl methyl sites for hydroxylation is 1. The summed E-state index contributed by atoms with van der Waals surface area (Å²) in [5, 5.41) is 1.24. The molecule has 0 radical (unpaired) electrons. The number of benzene rings is 1. The standard InChI is InChI=1S/C18H22N2O2/c1-14-10-19(16-5-3-2-4-15(14)16)11-17(21)20-12-18(13-20)6-8-22-9-7-18/h2-5,10H,6-9,11-13H2,1H3. The van der Waals surface area contributed by atoms with Gasteiger partial charge in [-0.25, -0.2) is 0 Å². The van der Waals surface area contributed by atoms with Gasteiger partial charge < -0.3 is 14.2 Å². The van der Waals surface area contributed by atoms with E-state index in [0.717, 1.165) is 44.7 Å². The van der Waals surface area contributed by atoms with E-state index < -0.39 is 0 Å². The number of likely N-dealkylation sites (tertiary alicyclic amines) is 1. The second kappa shape index (κ2) is 5.13. The number of carbonyl (C=O) groups excluding carboxylic acids is 1. The number of hydrogen-bond acceptors (Lipinski definition) is 2. The topological polar surface area (TPSA) is 34.5 Å². The predicted octanol–water partition coefficient (Wildman–Crippen LogP) is 2.59. The Morgan fingerprint density at radius 2 is 1.95 bits per heavy atom. The zero-order valence-electron chi connectivity index (χ0n) is 13.0. The third kappa shape index (κ3) is 2.22. The third-order valence-corrected chi connectivity index (χ3v) is 5.25. The summed E-state index contributed by atoms with van der Waals surface area (Å²) in [6, 6.07) is 8.28. The van der Waals surface area contributed by atoms with Crippen LogP contribution >= 0.6 is 0 Å². The Balaban J connectivity index is 1.46. The molecular weight excluding hydrogens is 276 g/mol. The first-order valence-electron chi connectivity index (χ1n) is 8.07. The van der Waals surface area contributed by atoms with Crippen molar-refractivity contribution in [3.8, 4) is 0 Å². The van der Waals surface area contributed by atoms with Gasteiger partial charge in [-0.2, -0.15) is 0 Å². The van der Waals surface area contributed by atoms with Gasteiger partial charge >= 0.3 is 0 Å². The number of carbonyl (C=O) groups is 1. The van der Waals surface area contributed by atoms with Gasteiger partial charge in [0.05, 0.1) is 0 Å². The Kier molecular flexibility index (Phi) is 3.22. The first-order valence-corrected chi connectivity index (χ1v) is 8.07. The van der Waals surface area contributed by atoms with Crippen LogP contribution in [-0.4, -0.2) is 41.7 Å².